The van der Waals surface area contributed by atoms with Crippen LogP contribution in [0.4, 0.5) is 0 Å². The highest BCUT2D eigenvalue weighted by Gasteiger charge is 2.05. The minimum atomic E-state index is 0.227. The van der Waals surface area contributed by atoms with Gasteiger partial charge in [0.1, 0.15) is 6.07 Å². The van der Waals surface area contributed by atoms with E-state index in [1.165, 1.54) is 6.20 Å². The first kappa shape index (κ1) is 7.14. The molecule has 0 aliphatic rings. The van der Waals surface area contributed by atoms with Crippen LogP contribution in [0.5, 0.6) is 0 Å². The van der Waals surface area contributed by atoms with E-state index in [1.54, 1.807) is 12.1 Å². The predicted octanol–water partition coefficient (Wildman–Crippen LogP) is 2.35. The number of nitrogens with zero attached hydrogens (tertiary/aromatic N) is 2. The van der Waals surface area contributed by atoms with Crippen LogP contribution in [-0.2, 0) is 0 Å². The van der Waals surface area contributed by atoms with E-state index in [2.05, 4.69) is 4.98 Å². The summed E-state index contributed by atoms with van der Waals surface area (Å²) in [5.74, 6) is 0.227. The molecule has 0 atom stereocenters. The summed E-state index contributed by atoms with van der Waals surface area (Å²) >= 11 is 5.82. The molecule has 0 amide bonds. The van der Waals surface area contributed by atoms with Gasteiger partial charge < -0.3 is 4.42 Å². The van der Waals surface area contributed by atoms with Crippen LogP contribution >= 0.6 is 11.6 Å². The Labute approximate surface area is 73.2 Å². The Balaban J connectivity index is 2.85. The van der Waals surface area contributed by atoms with E-state index >= 15 is 0 Å². The highest BCUT2D eigenvalue weighted by molar-refractivity contribution is 6.35. The molecule has 0 aliphatic carbocycles. The van der Waals surface area contributed by atoms with Crippen molar-refractivity contribution in [3.8, 4) is 6.07 Å². The third-order valence-corrected chi connectivity index (χ3v) is 1.82. The maximum absolute atomic E-state index is 8.51. The van der Waals surface area contributed by atoms with Crippen LogP contribution in [0, 0.1) is 11.3 Å². The molecule has 2 aromatic heterocycles. The summed E-state index contributed by atoms with van der Waals surface area (Å²) in [6, 6.07) is 5.11. The van der Waals surface area contributed by atoms with Crippen LogP contribution in [0.3, 0.4) is 0 Å². The summed E-state index contributed by atoms with van der Waals surface area (Å²) in [5.41, 5.74) is 0.402. The quantitative estimate of drug-likeness (QED) is 0.622. The topological polar surface area (TPSA) is 49.8 Å². The zero-order chi connectivity index (χ0) is 8.55. The van der Waals surface area contributed by atoms with Gasteiger partial charge in [-0.15, -0.1) is 0 Å². The number of hydrogen-bond donors (Lipinski definition) is 0. The highest BCUT2D eigenvalue weighted by Crippen LogP contribution is 2.23. The fraction of sp³-hybridized carbons (Fsp3) is 0. The number of furan rings is 1. The van der Waals surface area contributed by atoms with Crippen molar-refractivity contribution in [2.45, 2.75) is 0 Å². The largest absolute Gasteiger partial charge is 0.427 e. The maximum Gasteiger partial charge on any atom is 0.229 e. The van der Waals surface area contributed by atoms with Gasteiger partial charge in [0, 0.05) is 12.3 Å². The van der Waals surface area contributed by atoms with Crippen molar-refractivity contribution >= 4 is 22.7 Å². The molecule has 2 heterocycles. The maximum atomic E-state index is 8.51. The van der Waals surface area contributed by atoms with Crippen LogP contribution < -0.4 is 0 Å². The summed E-state index contributed by atoms with van der Waals surface area (Å²) in [7, 11) is 0. The Kier molecular flexibility index (Phi) is 1.49. The summed E-state index contributed by atoms with van der Waals surface area (Å²) in [4.78, 5) is 3.91. The first-order chi connectivity index (χ1) is 5.81. The Morgan fingerprint density at radius 1 is 1.58 bits per heavy atom. The first-order valence-electron chi connectivity index (χ1n) is 3.25. The van der Waals surface area contributed by atoms with E-state index in [0.717, 1.165) is 0 Å². The molecule has 0 saturated carbocycles. The lowest BCUT2D eigenvalue weighted by atomic mass is 10.3. The first-order valence-corrected chi connectivity index (χ1v) is 3.63. The van der Waals surface area contributed by atoms with Gasteiger partial charge in [0.15, 0.2) is 0 Å². The van der Waals surface area contributed by atoms with E-state index in [-0.39, 0.29) is 5.76 Å². The van der Waals surface area contributed by atoms with E-state index in [4.69, 9.17) is 21.3 Å². The molecule has 0 fully saturated rings. The van der Waals surface area contributed by atoms with Crippen molar-refractivity contribution in [1.82, 2.24) is 4.98 Å². The van der Waals surface area contributed by atoms with Crippen LogP contribution in [0.15, 0.2) is 22.7 Å². The monoisotopic (exact) mass is 178 g/mol. The van der Waals surface area contributed by atoms with Crippen molar-refractivity contribution in [3.05, 3.63) is 29.1 Å². The summed E-state index contributed by atoms with van der Waals surface area (Å²) < 4.78 is 5.04. The highest BCUT2D eigenvalue weighted by atomic mass is 35.5. The van der Waals surface area contributed by atoms with Gasteiger partial charge in [-0.2, -0.15) is 5.26 Å². The molecule has 0 aliphatic heterocycles. The van der Waals surface area contributed by atoms with E-state index in [1.807, 2.05) is 6.07 Å². The molecule has 58 valence electrons. The molecule has 0 spiro atoms. The average molecular weight is 179 g/mol. The smallest absolute Gasteiger partial charge is 0.229 e. The van der Waals surface area contributed by atoms with Crippen LogP contribution in [0.1, 0.15) is 5.76 Å². The van der Waals surface area contributed by atoms with Gasteiger partial charge in [0.05, 0.1) is 10.4 Å². The lowest BCUT2D eigenvalue weighted by Gasteiger charge is -1.87. The van der Waals surface area contributed by atoms with Gasteiger partial charge in [-0.3, -0.25) is 0 Å². The second kappa shape index (κ2) is 2.50. The molecule has 0 N–H and O–H groups in total. The Morgan fingerprint density at radius 3 is 3.08 bits per heavy atom. The van der Waals surface area contributed by atoms with E-state index in [0.29, 0.717) is 16.1 Å². The second-order valence-electron chi connectivity index (χ2n) is 2.23. The van der Waals surface area contributed by atoms with Gasteiger partial charge in [-0.1, -0.05) is 11.6 Å². The lowest BCUT2D eigenvalue weighted by Crippen LogP contribution is -1.70. The molecular weight excluding hydrogens is 176 g/mol. The van der Waals surface area contributed by atoms with Crippen LogP contribution in [0.2, 0.25) is 5.02 Å². The number of nitriles is 1. The summed E-state index contributed by atoms with van der Waals surface area (Å²) in [6.45, 7) is 0. The van der Waals surface area contributed by atoms with Crippen molar-refractivity contribution in [3.63, 3.8) is 0 Å². The van der Waals surface area contributed by atoms with Crippen LogP contribution in [-0.4, -0.2) is 4.98 Å². The molecule has 3 nitrogen and oxygen atoms in total. The summed E-state index contributed by atoms with van der Waals surface area (Å²) in [6.07, 6.45) is 1.54. The number of halogens is 1. The molecule has 12 heavy (non-hydrogen) atoms. The normalized spacial score (nSPS) is 10.0. The van der Waals surface area contributed by atoms with Crippen molar-refractivity contribution in [2.75, 3.05) is 0 Å². The predicted molar refractivity (Wildman–Crippen MR) is 43.7 cm³/mol. The molecule has 2 rings (SSSR count). The SMILES string of the molecule is N#Cc1cc2c(Cl)ccnc2o1. The molecule has 0 saturated heterocycles. The van der Waals surface area contributed by atoms with Gasteiger partial charge in [0.2, 0.25) is 11.5 Å². The molecule has 0 unspecified atom stereocenters. The molecule has 2 aromatic rings. The second-order valence-corrected chi connectivity index (χ2v) is 2.64. The fourth-order valence-electron chi connectivity index (χ4n) is 0.964. The van der Waals surface area contributed by atoms with Crippen molar-refractivity contribution in [1.29, 1.82) is 5.26 Å². The minimum absolute atomic E-state index is 0.227. The zero-order valence-electron chi connectivity index (χ0n) is 5.91. The van der Waals surface area contributed by atoms with Crippen LogP contribution in [0.25, 0.3) is 11.1 Å². The number of hydrogen-bond acceptors (Lipinski definition) is 3. The van der Waals surface area contributed by atoms with Crippen molar-refractivity contribution in [2.24, 2.45) is 0 Å². The number of rotatable bonds is 0. The van der Waals surface area contributed by atoms with Crippen molar-refractivity contribution < 1.29 is 4.42 Å². The molecule has 0 bridgehead atoms. The fourth-order valence-corrected chi connectivity index (χ4v) is 1.16. The van der Waals surface area contributed by atoms with E-state index < -0.39 is 0 Å². The Bertz CT molecular complexity index is 469. The third kappa shape index (κ3) is 0.936. The van der Waals surface area contributed by atoms with Gasteiger partial charge >= 0.3 is 0 Å². The number of fused-ring (bicyclic) bond motifs is 1. The van der Waals surface area contributed by atoms with E-state index in [9.17, 15) is 0 Å². The molecule has 0 radical (unpaired) electrons. The Hall–Kier alpha value is -1.53. The third-order valence-electron chi connectivity index (χ3n) is 1.49. The molecule has 4 heteroatoms. The average Bonchev–Trinajstić information content (AvgIpc) is 2.49. The van der Waals surface area contributed by atoms with Gasteiger partial charge in [0.25, 0.3) is 0 Å². The summed E-state index contributed by atoms with van der Waals surface area (Å²) in [5, 5.41) is 9.74. The minimum Gasteiger partial charge on any atom is -0.427 e. The molecular formula is C8H3ClN2O. The molecule has 0 aromatic carbocycles. The lowest BCUT2D eigenvalue weighted by molar-refractivity contribution is 0.587. The number of aromatic nitrogens is 1. The standard InChI is InChI=1S/C8H3ClN2O/c9-7-1-2-11-8-6(7)3-5(4-10)12-8/h1-3H. The van der Waals surface area contributed by atoms with Gasteiger partial charge in [-0.05, 0) is 6.07 Å². The Morgan fingerprint density at radius 2 is 2.42 bits per heavy atom. The zero-order valence-corrected chi connectivity index (χ0v) is 6.67. The number of pyridine rings is 1. The van der Waals surface area contributed by atoms with Gasteiger partial charge in [-0.25, -0.2) is 4.98 Å².